The number of carboxylic acids is 1. The number of nitrogens with zero attached hydrogens (tertiary/aromatic N) is 1. The molecular weight excluding hydrogens is 458 g/mol. The van der Waals surface area contributed by atoms with Crippen LogP contribution in [0.3, 0.4) is 0 Å². The number of carbonyl (C=O) groups excluding carboxylic acids is 1. The van der Waals surface area contributed by atoms with Crippen molar-refractivity contribution in [1.29, 1.82) is 0 Å². The number of nitrogens with one attached hydrogen (secondary N) is 2. The van der Waals surface area contributed by atoms with Gasteiger partial charge < -0.3 is 24.9 Å². The average molecular weight is 494 g/mol. The van der Waals surface area contributed by atoms with Gasteiger partial charge in [-0.15, -0.1) is 0 Å². The zero-order valence-corrected chi connectivity index (χ0v) is 21.3. The molecule has 0 saturated carbocycles. The van der Waals surface area contributed by atoms with Crippen LogP contribution in [-0.2, 0) is 16.1 Å². The Labute approximate surface area is 211 Å². The summed E-state index contributed by atoms with van der Waals surface area (Å²) in [4.78, 5) is 29.4. The maximum atomic E-state index is 12.5. The first-order valence-corrected chi connectivity index (χ1v) is 12.4. The first-order chi connectivity index (χ1) is 17.3. The predicted octanol–water partition coefficient (Wildman–Crippen LogP) is 4.43. The summed E-state index contributed by atoms with van der Waals surface area (Å²) >= 11 is 0. The van der Waals surface area contributed by atoms with E-state index in [2.05, 4.69) is 34.3 Å². The van der Waals surface area contributed by atoms with Crippen LogP contribution >= 0.6 is 0 Å². The lowest BCUT2D eigenvalue weighted by Gasteiger charge is -2.40. The molecule has 3 aromatic rings. The van der Waals surface area contributed by atoms with Crippen LogP contribution < -0.4 is 10.1 Å². The lowest BCUT2D eigenvalue weighted by molar-refractivity contribution is -0.138. The molecule has 192 valence electrons. The van der Waals surface area contributed by atoms with Crippen LogP contribution in [0.25, 0.3) is 10.9 Å². The number of hydrogen-bond acceptors (Lipinski definition) is 5. The molecule has 1 aliphatic heterocycles. The zero-order chi connectivity index (χ0) is 25.8. The number of piperidine rings is 1. The minimum absolute atomic E-state index is 0.102. The smallest absolute Gasteiger partial charge is 0.325 e. The molecule has 2 aromatic carbocycles. The van der Waals surface area contributed by atoms with Crippen molar-refractivity contribution < 1.29 is 24.2 Å². The quantitative estimate of drug-likeness (QED) is 0.407. The minimum Gasteiger partial charge on any atom is -0.496 e. The largest absolute Gasteiger partial charge is 0.496 e. The molecule has 0 aliphatic carbocycles. The van der Waals surface area contributed by atoms with Crippen molar-refractivity contribution in [2.75, 3.05) is 20.3 Å². The molecule has 3 N–H and O–H groups in total. The number of methoxy groups -OCH3 is 1. The summed E-state index contributed by atoms with van der Waals surface area (Å²) in [7, 11) is 1.71. The van der Waals surface area contributed by atoms with Crippen LogP contribution in [-0.4, -0.2) is 59.3 Å². The number of amides is 1. The second kappa shape index (κ2) is 11.1. The second-order valence-corrected chi connectivity index (χ2v) is 9.38. The van der Waals surface area contributed by atoms with Gasteiger partial charge in [-0.25, -0.2) is 0 Å². The van der Waals surface area contributed by atoms with E-state index in [-0.39, 0.29) is 12.1 Å². The molecule has 0 spiro atoms. The molecular formula is C28H35N3O5. The lowest BCUT2D eigenvalue weighted by Crippen LogP contribution is -2.39. The van der Waals surface area contributed by atoms with Crippen molar-refractivity contribution in [3.63, 3.8) is 0 Å². The van der Waals surface area contributed by atoms with Gasteiger partial charge in [0.15, 0.2) is 0 Å². The first-order valence-electron chi connectivity index (χ1n) is 12.4. The van der Waals surface area contributed by atoms with Gasteiger partial charge >= 0.3 is 5.97 Å². The van der Waals surface area contributed by atoms with Crippen LogP contribution in [0.4, 0.5) is 0 Å². The van der Waals surface area contributed by atoms with Crippen molar-refractivity contribution in [2.45, 2.75) is 58.3 Å². The van der Waals surface area contributed by atoms with Crippen LogP contribution in [0.15, 0.2) is 42.6 Å². The number of benzene rings is 2. The van der Waals surface area contributed by atoms with Gasteiger partial charge in [0, 0.05) is 54.0 Å². The summed E-state index contributed by atoms with van der Waals surface area (Å²) in [5, 5.41) is 12.7. The second-order valence-electron chi connectivity index (χ2n) is 9.38. The van der Waals surface area contributed by atoms with Crippen LogP contribution in [0.5, 0.6) is 5.75 Å². The SMILES string of the molecule is CCO[C@H]1CCN(Cc2c(OC)cc(C)c3[nH]ccc23)[C@H](c2ccc(C(=O)N[C@@H](C)C(=O)O)cc2)C1. The number of hydrogen-bond donors (Lipinski definition) is 3. The van der Waals surface area contributed by atoms with Gasteiger partial charge in [-0.05, 0) is 69.0 Å². The Kier molecular flexibility index (Phi) is 7.96. The van der Waals surface area contributed by atoms with E-state index in [1.54, 1.807) is 19.2 Å². The number of aromatic amines is 1. The Morgan fingerprint density at radius 3 is 2.67 bits per heavy atom. The number of aryl methyl sites for hydroxylation is 1. The fraction of sp³-hybridized carbons (Fsp3) is 0.429. The van der Waals surface area contributed by atoms with E-state index in [0.717, 1.165) is 59.3 Å². The van der Waals surface area contributed by atoms with E-state index in [1.807, 2.05) is 25.3 Å². The van der Waals surface area contributed by atoms with Gasteiger partial charge in [0.2, 0.25) is 0 Å². The topological polar surface area (TPSA) is 104 Å². The fourth-order valence-corrected chi connectivity index (χ4v) is 5.09. The highest BCUT2D eigenvalue weighted by atomic mass is 16.5. The highest BCUT2D eigenvalue weighted by molar-refractivity contribution is 5.96. The van der Waals surface area contributed by atoms with Gasteiger partial charge in [0.1, 0.15) is 11.8 Å². The maximum absolute atomic E-state index is 12.5. The van der Waals surface area contributed by atoms with Crippen molar-refractivity contribution in [3.05, 3.63) is 64.8 Å². The van der Waals surface area contributed by atoms with E-state index < -0.39 is 17.9 Å². The van der Waals surface area contributed by atoms with E-state index >= 15 is 0 Å². The molecule has 4 rings (SSSR count). The summed E-state index contributed by atoms with van der Waals surface area (Å²) in [6.07, 6.45) is 3.93. The molecule has 0 radical (unpaired) electrons. The molecule has 3 atom stereocenters. The van der Waals surface area contributed by atoms with Crippen LogP contribution in [0.2, 0.25) is 0 Å². The maximum Gasteiger partial charge on any atom is 0.325 e. The van der Waals surface area contributed by atoms with E-state index in [1.165, 1.54) is 6.92 Å². The predicted molar refractivity (Wildman–Crippen MR) is 138 cm³/mol. The molecule has 1 aliphatic rings. The molecule has 1 saturated heterocycles. The molecule has 1 fully saturated rings. The van der Waals surface area contributed by atoms with Gasteiger partial charge in [-0.1, -0.05) is 12.1 Å². The van der Waals surface area contributed by atoms with E-state index in [4.69, 9.17) is 14.6 Å². The molecule has 0 bridgehead atoms. The number of carboxylic acid groups (broad SMARTS) is 1. The van der Waals surface area contributed by atoms with Crippen molar-refractivity contribution in [3.8, 4) is 5.75 Å². The summed E-state index contributed by atoms with van der Waals surface area (Å²) < 4.78 is 11.8. The summed E-state index contributed by atoms with van der Waals surface area (Å²) in [6.45, 7) is 7.82. The third kappa shape index (κ3) is 5.39. The Morgan fingerprint density at radius 2 is 2.00 bits per heavy atom. The molecule has 1 amide bonds. The number of H-pyrrole nitrogens is 1. The minimum atomic E-state index is -1.07. The lowest BCUT2D eigenvalue weighted by atomic mass is 9.91. The van der Waals surface area contributed by atoms with E-state index in [9.17, 15) is 9.59 Å². The third-order valence-corrected chi connectivity index (χ3v) is 7.04. The van der Waals surface area contributed by atoms with Crippen LogP contribution in [0.1, 0.15) is 59.8 Å². The van der Waals surface area contributed by atoms with E-state index in [0.29, 0.717) is 12.2 Å². The first kappa shape index (κ1) is 25.7. The highest BCUT2D eigenvalue weighted by Gasteiger charge is 2.31. The van der Waals surface area contributed by atoms with Gasteiger partial charge in [0.05, 0.1) is 13.2 Å². The highest BCUT2D eigenvalue weighted by Crippen LogP contribution is 2.38. The molecule has 1 aromatic heterocycles. The van der Waals surface area contributed by atoms with Gasteiger partial charge in [-0.2, -0.15) is 0 Å². The third-order valence-electron chi connectivity index (χ3n) is 7.04. The Bertz CT molecular complexity index is 1220. The number of fused-ring (bicyclic) bond motifs is 1. The van der Waals surface area contributed by atoms with Crippen molar-refractivity contribution >= 4 is 22.8 Å². The number of rotatable bonds is 9. The summed E-state index contributed by atoms with van der Waals surface area (Å²) in [6, 6.07) is 10.8. The summed E-state index contributed by atoms with van der Waals surface area (Å²) in [5.74, 6) is -0.587. The number of aliphatic carboxylic acids is 1. The average Bonchev–Trinajstić information content (AvgIpc) is 3.37. The molecule has 36 heavy (non-hydrogen) atoms. The normalized spacial score (nSPS) is 19.2. The standard InChI is InChI=1S/C28H35N3O5/c1-5-36-21-11-13-31(16-23-22-10-12-29-26(22)17(2)14-25(23)35-4)24(15-21)19-6-8-20(9-7-19)27(32)30-18(3)28(33)34/h6-10,12,14,18,21,24,29H,5,11,13,15-16H2,1-4H3,(H,30,32)(H,33,34)/t18-,21-,24-/m0/s1. The van der Waals surface area contributed by atoms with Gasteiger partial charge in [0.25, 0.3) is 5.91 Å². The number of aromatic nitrogens is 1. The summed E-state index contributed by atoms with van der Waals surface area (Å²) in [5.41, 5.74) is 4.95. The van der Waals surface area contributed by atoms with Gasteiger partial charge in [-0.3, -0.25) is 14.5 Å². The number of ether oxygens (including phenoxy) is 2. The molecule has 0 unspecified atom stereocenters. The Morgan fingerprint density at radius 1 is 1.25 bits per heavy atom. The number of carbonyl (C=O) groups is 2. The zero-order valence-electron chi connectivity index (χ0n) is 21.3. The monoisotopic (exact) mass is 493 g/mol. The van der Waals surface area contributed by atoms with Crippen molar-refractivity contribution in [1.82, 2.24) is 15.2 Å². The molecule has 2 heterocycles. The fourth-order valence-electron chi connectivity index (χ4n) is 5.09. The molecule has 8 heteroatoms. The van der Waals surface area contributed by atoms with Crippen molar-refractivity contribution in [2.24, 2.45) is 0 Å². The Hall–Kier alpha value is -3.36. The van der Waals surface area contributed by atoms with Crippen LogP contribution in [0, 0.1) is 6.92 Å². The number of likely N-dealkylation sites (tertiary alicyclic amines) is 1. The Balaban J connectivity index is 1.62. The molecule has 8 nitrogen and oxygen atoms in total.